The number of nitrogens with one attached hydrogen (secondary N) is 1. The molecule has 0 unspecified atom stereocenters. The Morgan fingerprint density at radius 2 is 1.62 bits per heavy atom. The van der Waals surface area contributed by atoms with Gasteiger partial charge in [-0.1, -0.05) is 12.1 Å². The number of fused-ring (bicyclic) bond motifs is 1. The zero-order valence-corrected chi connectivity index (χ0v) is 11.3. The van der Waals surface area contributed by atoms with Gasteiger partial charge in [0.25, 0.3) is 5.91 Å². The van der Waals surface area contributed by atoms with E-state index < -0.39 is 0 Å². The van der Waals surface area contributed by atoms with Crippen LogP contribution in [-0.4, -0.2) is 15.9 Å². The lowest BCUT2D eigenvalue weighted by molar-refractivity contribution is 0.102. The van der Waals surface area contributed by atoms with E-state index in [2.05, 4.69) is 15.3 Å². The fourth-order valence-electron chi connectivity index (χ4n) is 2.03. The molecule has 0 fully saturated rings. The molecule has 0 radical (unpaired) electrons. The molecule has 0 aliphatic rings. The molecule has 1 heterocycles. The topological polar surface area (TPSA) is 54.9 Å². The van der Waals surface area contributed by atoms with Gasteiger partial charge in [0.2, 0.25) is 0 Å². The fourth-order valence-corrected chi connectivity index (χ4v) is 2.03. The van der Waals surface area contributed by atoms with Crippen LogP contribution >= 0.6 is 0 Å². The second kappa shape index (κ2) is 5.28. The van der Waals surface area contributed by atoms with Crippen molar-refractivity contribution in [2.24, 2.45) is 0 Å². The van der Waals surface area contributed by atoms with Crippen LogP contribution in [0.4, 0.5) is 10.1 Å². The second-order valence-corrected chi connectivity index (χ2v) is 4.61. The average Bonchev–Trinajstić information content (AvgIpc) is 2.49. The smallest absolute Gasteiger partial charge is 0.276 e. The molecule has 0 atom stereocenters. The van der Waals surface area contributed by atoms with E-state index in [-0.39, 0.29) is 17.4 Å². The minimum atomic E-state index is -0.364. The minimum absolute atomic E-state index is 0.262. The summed E-state index contributed by atoms with van der Waals surface area (Å²) in [6.45, 7) is 1.74. The van der Waals surface area contributed by atoms with Crippen molar-refractivity contribution in [3.63, 3.8) is 0 Å². The van der Waals surface area contributed by atoms with E-state index in [9.17, 15) is 9.18 Å². The van der Waals surface area contributed by atoms with Crippen LogP contribution in [0.1, 0.15) is 16.2 Å². The molecule has 1 amide bonds. The van der Waals surface area contributed by atoms with E-state index >= 15 is 0 Å². The number of amides is 1. The lowest BCUT2D eigenvalue weighted by Crippen LogP contribution is -2.16. The summed E-state index contributed by atoms with van der Waals surface area (Å²) in [5, 5.41) is 2.68. The van der Waals surface area contributed by atoms with Gasteiger partial charge in [-0.3, -0.25) is 4.79 Å². The van der Waals surface area contributed by atoms with Crippen molar-refractivity contribution in [2.75, 3.05) is 5.32 Å². The molecule has 2 aromatic carbocycles. The summed E-state index contributed by atoms with van der Waals surface area (Å²) in [5.74, 6) is -0.716. The molecule has 0 saturated carbocycles. The minimum Gasteiger partial charge on any atom is -0.321 e. The maximum atomic E-state index is 12.9. The van der Waals surface area contributed by atoms with E-state index in [1.54, 1.807) is 13.0 Å². The Kier molecular flexibility index (Phi) is 3.31. The zero-order chi connectivity index (χ0) is 14.8. The number of anilines is 1. The van der Waals surface area contributed by atoms with Gasteiger partial charge in [0.15, 0.2) is 0 Å². The molecule has 3 aromatic rings. The van der Waals surface area contributed by atoms with Crippen LogP contribution < -0.4 is 5.32 Å². The molecule has 21 heavy (non-hydrogen) atoms. The molecule has 3 rings (SSSR count). The van der Waals surface area contributed by atoms with Gasteiger partial charge in [-0.2, -0.15) is 0 Å². The lowest BCUT2D eigenvalue weighted by atomic mass is 10.2. The van der Waals surface area contributed by atoms with Crippen LogP contribution in [0.25, 0.3) is 11.0 Å². The number of carbonyl (C=O) groups excluding carboxylic acids is 1. The van der Waals surface area contributed by atoms with Gasteiger partial charge in [0.1, 0.15) is 11.5 Å². The normalized spacial score (nSPS) is 10.6. The molecule has 104 valence electrons. The van der Waals surface area contributed by atoms with Crippen molar-refractivity contribution in [1.29, 1.82) is 0 Å². The van der Waals surface area contributed by atoms with Crippen LogP contribution in [0.5, 0.6) is 0 Å². The molecule has 0 aliphatic carbocycles. The summed E-state index contributed by atoms with van der Waals surface area (Å²) in [4.78, 5) is 21.0. The van der Waals surface area contributed by atoms with Crippen molar-refractivity contribution in [1.82, 2.24) is 9.97 Å². The van der Waals surface area contributed by atoms with Crippen molar-refractivity contribution in [3.05, 3.63) is 65.7 Å². The maximum Gasteiger partial charge on any atom is 0.276 e. The number of nitrogens with zero attached hydrogens (tertiary/aromatic N) is 2. The first kappa shape index (κ1) is 13.2. The largest absolute Gasteiger partial charge is 0.321 e. The van der Waals surface area contributed by atoms with Crippen molar-refractivity contribution in [3.8, 4) is 0 Å². The SMILES string of the molecule is Cc1nc2ccccc2nc1C(=O)Nc1ccc(F)cc1. The van der Waals surface area contributed by atoms with Gasteiger partial charge >= 0.3 is 0 Å². The van der Waals surface area contributed by atoms with Crippen LogP contribution in [0.15, 0.2) is 48.5 Å². The first-order chi connectivity index (χ1) is 10.1. The Hall–Kier alpha value is -2.82. The van der Waals surface area contributed by atoms with E-state index in [0.29, 0.717) is 16.9 Å². The van der Waals surface area contributed by atoms with Crippen LogP contribution in [-0.2, 0) is 0 Å². The summed E-state index contributed by atoms with van der Waals surface area (Å²) in [6, 6.07) is 12.9. The van der Waals surface area contributed by atoms with E-state index in [0.717, 1.165) is 5.52 Å². The monoisotopic (exact) mass is 281 g/mol. The second-order valence-electron chi connectivity index (χ2n) is 4.61. The summed E-state index contributed by atoms with van der Waals surface area (Å²) < 4.78 is 12.9. The third kappa shape index (κ3) is 2.72. The van der Waals surface area contributed by atoms with Crippen LogP contribution in [0.2, 0.25) is 0 Å². The molecule has 1 N–H and O–H groups in total. The Labute approximate surface area is 120 Å². The Morgan fingerprint density at radius 3 is 2.29 bits per heavy atom. The standard InChI is InChI=1S/C16H12FN3O/c1-10-15(20-14-5-3-2-4-13(14)18-10)16(21)19-12-8-6-11(17)7-9-12/h2-9H,1H3,(H,19,21). The highest BCUT2D eigenvalue weighted by Gasteiger charge is 2.13. The Morgan fingerprint density at radius 1 is 1.00 bits per heavy atom. The summed E-state index contributed by atoms with van der Waals surface area (Å²) >= 11 is 0. The molecule has 5 heteroatoms. The molecule has 1 aromatic heterocycles. The van der Waals surface area contributed by atoms with Gasteiger partial charge in [-0.25, -0.2) is 14.4 Å². The third-order valence-electron chi connectivity index (χ3n) is 3.06. The molecule has 0 bridgehead atoms. The Bertz CT molecular complexity index is 815. The third-order valence-corrected chi connectivity index (χ3v) is 3.06. The van der Waals surface area contributed by atoms with Gasteiger partial charge in [-0.05, 0) is 43.3 Å². The van der Waals surface area contributed by atoms with Gasteiger partial charge < -0.3 is 5.32 Å². The average molecular weight is 281 g/mol. The highest BCUT2D eigenvalue weighted by atomic mass is 19.1. The molecular weight excluding hydrogens is 269 g/mol. The number of benzene rings is 2. The first-order valence-corrected chi connectivity index (χ1v) is 6.44. The number of aromatic nitrogens is 2. The molecular formula is C16H12FN3O. The van der Waals surface area contributed by atoms with E-state index in [1.165, 1.54) is 24.3 Å². The van der Waals surface area contributed by atoms with Crippen molar-refractivity contribution in [2.45, 2.75) is 6.92 Å². The highest BCUT2D eigenvalue weighted by molar-refractivity contribution is 6.04. The highest BCUT2D eigenvalue weighted by Crippen LogP contribution is 2.14. The number of aryl methyl sites for hydroxylation is 1. The number of hydrogen-bond donors (Lipinski definition) is 1. The van der Waals surface area contributed by atoms with Crippen molar-refractivity contribution >= 4 is 22.6 Å². The molecule has 0 spiro atoms. The van der Waals surface area contributed by atoms with E-state index in [1.807, 2.05) is 18.2 Å². The van der Waals surface area contributed by atoms with Crippen molar-refractivity contribution < 1.29 is 9.18 Å². The molecule has 4 nitrogen and oxygen atoms in total. The summed E-state index contributed by atoms with van der Waals surface area (Å²) in [6.07, 6.45) is 0. The maximum absolute atomic E-state index is 12.9. The predicted molar refractivity (Wildman–Crippen MR) is 78.6 cm³/mol. The first-order valence-electron chi connectivity index (χ1n) is 6.44. The van der Waals surface area contributed by atoms with Gasteiger partial charge in [-0.15, -0.1) is 0 Å². The number of para-hydroxylation sites is 2. The quantitative estimate of drug-likeness (QED) is 0.784. The molecule has 0 aliphatic heterocycles. The fraction of sp³-hybridized carbons (Fsp3) is 0.0625. The predicted octanol–water partition coefficient (Wildman–Crippen LogP) is 3.33. The summed E-state index contributed by atoms with van der Waals surface area (Å²) in [7, 11) is 0. The lowest BCUT2D eigenvalue weighted by Gasteiger charge is -2.07. The zero-order valence-electron chi connectivity index (χ0n) is 11.3. The number of hydrogen-bond acceptors (Lipinski definition) is 3. The Balaban J connectivity index is 1.93. The van der Waals surface area contributed by atoms with Crippen LogP contribution in [0, 0.1) is 12.7 Å². The van der Waals surface area contributed by atoms with E-state index in [4.69, 9.17) is 0 Å². The van der Waals surface area contributed by atoms with Gasteiger partial charge in [0, 0.05) is 5.69 Å². The van der Waals surface area contributed by atoms with Gasteiger partial charge in [0.05, 0.1) is 16.7 Å². The number of rotatable bonds is 2. The number of halogens is 1. The summed E-state index contributed by atoms with van der Waals surface area (Å²) in [5.41, 5.74) is 2.72. The molecule has 0 saturated heterocycles. The number of carbonyl (C=O) groups is 1. The van der Waals surface area contributed by atoms with Crippen LogP contribution in [0.3, 0.4) is 0 Å².